The van der Waals surface area contributed by atoms with Gasteiger partial charge in [0.15, 0.2) is 0 Å². The number of para-hydroxylation sites is 4. The van der Waals surface area contributed by atoms with E-state index in [1.807, 2.05) is 0 Å². The van der Waals surface area contributed by atoms with Gasteiger partial charge in [-0.05, 0) is 22.9 Å². The SMILES string of the molecule is [Au+].[c-]1c2c(cc3c4cccc5c6ccccc6n(c13)c45)c1cccc3c4ccccc4n2c13. The molecule has 0 N–H and O–H groups in total. The van der Waals surface area contributed by atoms with E-state index in [0.717, 1.165) is 11.0 Å². The fraction of sp³-hybridized carbons (Fsp3) is 0. The fourth-order valence-corrected chi connectivity index (χ4v) is 6.23. The molecule has 3 heteroatoms. The van der Waals surface area contributed by atoms with Crippen molar-refractivity contribution in [1.29, 1.82) is 0 Å². The summed E-state index contributed by atoms with van der Waals surface area (Å²) in [7, 11) is 0. The molecule has 0 amide bonds. The van der Waals surface area contributed by atoms with E-state index in [0.29, 0.717) is 0 Å². The molecule has 5 aromatic carbocycles. The molecule has 0 saturated heterocycles. The first-order valence-corrected chi connectivity index (χ1v) is 11.1. The first-order valence-electron chi connectivity index (χ1n) is 11.1. The van der Waals surface area contributed by atoms with E-state index >= 15 is 0 Å². The molecule has 0 spiro atoms. The van der Waals surface area contributed by atoms with Crippen LogP contribution in [-0.2, 0) is 22.4 Å². The third-order valence-corrected chi connectivity index (χ3v) is 7.45. The summed E-state index contributed by atoms with van der Waals surface area (Å²) in [6.07, 6.45) is 0. The van der Waals surface area contributed by atoms with Crippen molar-refractivity contribution in [2.75, 3.05) is 0 Å². The minimum absolute atomic E-state index is 0. The molecule has 0 radical (unpaired) electrons. The van der Waals surface area contributed by atoms with E-state index < -0.39 is 0 Å². The fourth-order valence-electron chi connectivity index (χ4n) is 6.23. The summed E-state index contributed by atoms with van der Waals surface area (Å²) in [5.41, 5.74) is 7.44. The number of benzene rings is 5. The molecule has 0 unspecified atom stereocenters. The average molecular weight is 600 g/mol. The Labute approximate surface area is 203 Å². The summed E-state index contributed by atoms with van der Waals surface area (Å²) < 4.78 is 4.84. The maximum absolute atomic E-state index is 3.90. The second kappa shape index (κ2) is 5.86. The van der Waals surface area contributed by atoms with Crippen LogP contribution < -0.4 is 0 Å². The Morgan fingerprint density at radius 3 is 1.30 bits per heavy atom. The Balaban J connectivity index is 0.00000178. The van der Waals surface area contributed by atoms with Crippen molar-refractivity contribution in [2.24, 2.45) is 0 Å². The number of hydrogen-bond acceptors (Lipinski definition) is 0. The molecular formula is C30H15AuN2. The Kier molecular flexibility index (Phi) is 3.19. The van der Waals surface area contributed by atoms with Gasteiger partial charge in [-0.2, -0.15) is 6.07 Å². The Morgan fingerprint density at radius 2 is 0.818 bits per heavy atom. The number of nitrogens with zero attached hydrogens (tertiary/aromatic N) is 2. The van der Waals surface area contributed by atoms with Gasteiger partial charge in [0.2, 0.25) is 0 Å². The summed E-state index contributed by atoms with van der Waals surface area (Å²) in [5, 5.41) is 10.4. The van der Waals surface area contributed by atoms with Gasteiger partial charge in [0.05, 0.1) is 11.0 Å². The predicted octanol–water partition coefficient (Wildman–Crippen LogP) is 7.78. The Hall–Kier alpha value is -3.56. The van der Waals surface area contributed by atoms with Crippen LogP contribution in [0.15, 0.2) is 91.0 Å². The molecule has 9 rings (SSSR count). The molecular weight excluding hydrogens is 585 g/mol. The minimum atomic E-state index is 0. The van der Waals surface area contributed by atoms with Crippen LogP contribution >= 0.6 is 0 Å². The van der Waals surface area contributed by atoms with E-state index in [1.54, 1.807) is 0 Å². The summed E-state index contributed by atoms with van der Waals surface area (Å²) in [6, 6.07) is 37.1. The van der Waals surface area contributed by atoms with E-state index in [-0.39, 0.29) is 22.4 Å². The predicted molar refractivity (Wildman–Crippen MR) is 135 cm³/mol. The van der Waals surface area contributed by atoms with Crippen LogP contribution in [0.2, 0.25) is 0 Å². The van der Waals surface area contributed by atoms with Crippen LogP contribution in [0.25, 0.3) is 76.2 Å². The molecule has 0 bridgehead atoms. The van der Waals surface area contributed by atoms with Gasteiger partial charge in [-0.15, -0.1) is 16.8 Å². The van der Waals surface area contributed by atoms with Gasteiger partial charge in [-0.25, -0.2) is 0 Å². The van der Waals surface area contributed by atoms with Crippen molar-refractivity contribution in [3.63, 3.8) is 0 Å². The molecule has 33 heavy (non-hydrogen) atoms. The van der Waals surface area contributed by atoms with E-state index in [1.165, 1.54) is 65.2 Å². The first-order chi connectivity index (χ1) is 15.9. The number of rotatable bonds is 0. The smallest absolute Gasteiger partial charge is 0.333 e. The molecule has 4 aromatic heterocycles. The number of fused-ring (bicyclic) bond motifs is 12. The van der Waals surface area contributed by atoms with E-state index in [9.17, 15) is 0 Å². The van der Waals surface area contributed by atoms with Crippen LogP contribution in [0.4, 0.5) is 0 Å². The molecule has 0 aliphatic carbocycles. The normalized spacial score (nSPS) is 12.6. The van der Waals surface area contributed by atoms with Gasteiger partial charge < -0.3 is 8.80 Å². The molecule has 4 heterocycles. The molecule has 0 aliphatic heterocycles. The van der Waals surface area contributed by atoms with Crippen molar-refractivity contribution in [2.45, 2.75) is 0 Å². The topological polar surface area (TPSA) is 8.82 Å². The zero-order valence-electron chi connectivity index (χ0n) is 17.4. The zero-order chi connectivity index (χ0) is 20.6. The van der Waals surface area contributed by atoms with Crippen molar-refractivity contribution in [3.05, 3.63) is 97.1 Å². The molecule has 2 nitrogen and oxygen atoms in total. The third-order valence-electron chi connectivity index (χ3n) is 7.45. The van der Waals surface area contributed by atoms with Gasteiger partial charge in [0, 0.05) is 32.6 Å². The molecule has 0 atom stereocenters. The third kappa shape index (κ3) is 1.89. The minimum Gasteiger partial charge on any atom is -0.333 e. The van der Waals surface area contributed by atoms with Gasteiger partial charge in [-0.1, -0.05) is 83.8 Å². The Bertz CT molecular complexity index is 2040. The summed E-state index contributed by atoms with van der Waals surface area (Å²) >= 11 is 0. The van der Waals surface area contributed by atoms with Crippen LogP contribution in [0.1, 0.15) is 0 Å². The van der Waals surface area contributed by atoms with Crippen molar-refractivity contribution in [1.82, 2.24) is 8.80 Å². The van der Waals surface area contributed by atoms with Crippen molar-refractivity contribution in [3.8, 4) is 0 Å². The maximum atomic E-state index is 3.90. The Morgan fingerprint density at radius 1 is 0.424 bits per heavy atom. The van der Waals surface area contributed by atoms with E-state index in [2.05, 4.69) is 106 Å². The quantitative estimate of drug-likeness (QED) is 0.124. The summed E-state index contributed by atoms with van der Waals surface area (Å²) in [4.78, 5) is 0. The second-order valence-corrected chi connectivity index (χ2v) is 8.90. The van der Waals surface area contributed by atoms with E-state index in [4.69, 9.17) is 0 Å². The van der Waals surface area contributed by atoms with Crippen LogP contribution in [-0.4, -0.2) is 8.80 Å². The molecule has 0 aliphatic rings. The average Bonchev–Trinajstić information content (AvgIpc) is 3.56. The van der Waals surface area contributed by atoms with Crippen LogP contribution in [0.3, 0.4) is 0 Å². The number of aromatic nitrogens is 2. The number of hydrogen-bond donors (Lipinski definition) is 0. The first kappa shape index (κ1) is 17.9. The standard InChI is InChI=1S/C30H15N2.Au/c1-3-13-25-17(7-1)19-9-5-11-21-23-15-24-22-12-6-10-20-18-8-2-4-14-26(18)32(30(20)22)28(24)16-27(23)31(25)29(19)21;/h1-15H;/q-1;+1. The van der Waals surface area contributed by atoms with Gasteiger partial charge in [-0.3, -0.25) is 0 Å². The summed E-state index contributed by atoms with van der Waals surface area (Å²) in [5.74, 6) is 0. The zero-order valence-corrected chi connectivity index (χ0v) is 19.5. The van der Waals surface area contributed by atoms with Gasteiger partial charge in [0.25, 0.3) is 0 Å². The van der Waals surface area contributed by atoms with Crippen molar-refractivity contribution >= 4 is 76.2 Å². The van der Waals surface area contributed by atoms with Gasteiger partial charge in [0.1, 0.15) is 0 Å². The monoisotopic (exact) mass is 600 g/mol. The van der Waals surface area contributed by atoms with Crippen LogP contribution in [0, 0.1) is 6.07 Å². The molecule has 9 aromatic rings. The second-order valence-electron chi connectivity index (χ2n) is 8.90. The summed E-state index contributed by atoms with van der Waals surface area (Å²) in [6.45, 7) is 0. The van der Waals surface area contributed by atoms with Crippen molar-refractivity contribution < 1.29 is 22.4 Å². The van der Waals surface area contributed by atoms with Crippen LogP contribution in [0.5, 0.6) is 0 Å². The molecule has 0 fully saturated rings. The largest absolute Gasteiger partial charge is 1.00 e. The van der Waals surface area contributed by atoms with Gasteiger partial charge >= 0.3 is 22.4 Å². The maximum Gasteiger partial charge on any atom is 1.00 e. The molecule has 0 saturated carbocycles. The molecule has 156 valence electrons.